The lowest BCUT2D eigenvalue weighted by molar-refractivity contribution is -0.131. The highest BCUT2D eigenvalue weighted by Crippen LogP contribution is 2.61. The van der Waals surface area contributed by atoms with Crippen molar-refractivity contribution in [2.75, 3.05) is 6.54 Å². The topological polar surface area (TPSA) is 49.4 Å². The molecule has 4 nitrogen and oxygen atoms in total. The minimum Gasteiger partial charge on any atom is -0.353 e. The molecule has 144 valence electrons. The third-order valence-electron chi connectivity index (χ3n) is 8.66. The van der Waals surface area contributed by atoms with Gasteiger partial charge in [0.15, 0.2) is 0 Å². The van der Waals surface area contributed by atoms with Crippen LogP contribution in [-0.2, 0) is 9.59 Å². The Morgan fingerprint density at radius 2 is 1.65 bits per heavy atom. The Balaban J connectivity index is 1.22. The zero-order valence-corrected chi connectivity index (χ0v) is 16.2. The zero-order chi connectivity index (χ0) is 17.9. The fraction of sp³-hybridized carbons (Fsp3) is 0.909. The van der Waals surface area contributed by atoms with Crippen LogP contribution in [0.25, 0.3) is 0 Å². The minimum absolute atomic E-state index is 0.125. The minimum atomic E-state index is -0.125. The molecule has 26 heavy (non-hydrogen) atoms. The molecule has 0 spiro atoms. The molecule has 0 aromatic carbocycles. The molecule has 1 aliphatic heterocycles. The summed E-state index contributed by atoms with van der Waals surface area (Å²) in [6.07, 6.45) is 13.4. The Morgan fingerprint density at radius 3 is 2.23 bits per heavy atom. The van der Waals surface area contributed by atoms with Crippen LogP contribution in [0.1, 0.15) is 77.6 Å². The fourth-order valence-electron chi connectivity index (χ4n) is 7.67. The Labute approximate surface area is 157 Å². The van der Waals surface area contributed by atoms with E-state index in [4.69, 9.17) is 0 Å². The van der Waals surface area contributed by atoms with Gasteiger partial charge in [-0.2, -0.15) is 0 Å². The van der Waals surface area contributed by atoms with Gasteiger partial charge in [-0.25, -0.2) is 0 Å². The average molecular weight is 359 g/mol. The van der Waals surface area contributed by atoms with E-state index in [2.05, 4.69) is 12.2 Å². The van der Waals surface area contributed by atoms with Crippen LogP contribution in [0, 0.1) is 29.1 Å². The molecule has 1 N–H and O–H groups in total. The summed E-state index contributed by atoms with van der Waals surface area (Å²) in [7, 11) is 0. The Bertz CT molecular complexity index is 560. The monoisotopic (exact) mass is 358 g/mol. The predicted molar refractivity (Wildman–Crippen MR) is 100 cm³/mol. The van der Waals surface area contributed by atoms with Gasteiger partial charge in [-0.15, -0.1) is 0 Å². The van der Waals surface area contributed by atoms with E-state index in [1.807, 2.05) is 4.90 Å². The van der Waals surface area contributed by atoms with Crippen molar-refractivity contribution in [3.63, 3.8) is 0 Å². The van der Waals surface area contributed by atoms with Gasteiger partial charge >= 0.3 is 0 Å². The highest BCUT2D eigenvalue weighted by molar-refractivity contribution is 5.89. The Morgan fingerprint density at radius 1 is 1.08 bits per heavy atom. The molecule has 6 aliphatic rings. The summed E-state index contributed by atoms with van der Waals surface area (Å²) in [4.78, 5) is 27.4. The normalized spacial score (nSPS) is 43.3. The third kappa shape index (κ3) is 2.79. The van der Waals surface area contributed by atoms with Crippen molar-refractivity contribution in [3.8, 4) is 0 Å². The quantitative estimate of drug-likeness (QED) is 0.836. The maximum atomic E-state index is 13.0. The first kappa shape index (κ1) is 17.1. The second-order valence-electron chi connectivity index (χ2n) is 10.4. The van der Waals surface area contributed by atoms with Gasteiger partial charge < -0.3 is 10.2 Å². The first-order valence-corrected chi connectivity index (χ1v) is 11.1. The van der Waals surface area contributed by atoms with Crippen LogP contribution >= 0.6 is 0 Å². The molecule has 1 saturated heterocycles. The molecular weight excluding hydrogens is 324 g/mol. The van der Waals surface area contributed by atoms with Gasteiger partial charge in [0.1, 0.15) is 0 Å². The van der Waals surface area contributed by atoms with Gasteiger partial charge in [-0.05, 0) is 81.5 Å². The number of carbonyl (C=O) groups is 2. The van der Waals surface area contributed by atoms with E-state index in [-0.39, 0.29) is 23.8 Å². The first-order valence-electron chi connectivity index (χ1n) is 11.1. The van der Waals surface area contributed by atoms with Crippen LogP contribution in [0.5, 0.6) is 0 Å². The number of likely N-dealkylation sites (tertiary alicyclic amines) is 1. The van der Waals surface area contributed by atoms with Crippen LogP contribution in [0.2, 0.25) is 0 Å². The van der Waals surface area contributed by atoms with Crippen molar-refractivity contribution in [1.82, 2.24) is 10.2 Å². The third-order valence-corrected chi connectivity index (χ3v) is 8.66. The number of carbonyl (C=O) groups excluding carboxylic acids is 2. The predicted octanol–water partition coefficient (Wildman–Crippen LogP) is 3.50. The number of hydrogen-bond donors (Lipinski definition) is 1. The van der Waals surface area contributed by atoms with Crippen molar-refractivity contribution in [1.29, 1.82) is 0 Å². The van der Waals surface area contributed by atoms with Crippen molar-refractivity contribution in [2.45, 2.75) is 89.6 Å². The van der Waals surface area contributed by atoms with Crippen LogP contribution in [0.15, 0.2) is 0 Å². The van der Waals surface area contributed by atoms with Crippen molar-refractivity contribution < 1.29 is 9.59 Å². The lowest BCUT2D eigenvalue weighted by atomic mass is 9.48. The Kier molecular flexibility index (Phi) is 4.09. The van der Waals surface area contributed by atoms with E-state index in [9.17, 15) is 9.59 Å². The molecule has 6 rings (SSSR count). The zero-order valence-electron chi connectivity index (χ0n) is 16.2. The van der Waals surface area contributed by atoms with Crippen molar-refractivity contribution >= 4 is 11.8 Å². The second-order valence-corrected chi connectivity index (χ2v) is 10.4. The van der Waals surface area contributed by atoms with Gasteiger partial charge in [0, 0.05) is 25.0 Å². The molecule has 1 heterocycles. The van der Waals surface area contributed by atoms with Crippen molar-refractivity contribution in [2.24, 2.45) is 29.1 Å². The van der Waals surface area contributed by atoms with Gasteiger partial charge in [-0.3, -0.25) is 9.59 Å². The number of nitrogens with one attached hydrogen (secondary N) is 1. The number of nitrogens with zero attached hydrogens (tertiary/aromatic N) is 1. The van der Waals surface area contributed by atoms with Crippen LogP contribution in [0.4, 0.5) is 0 Å². The molecule has 5 saturated carbocycles. The van der Waals surface area contributed by atoms with E-state index in [1.165, 1.54) is 51.4 Å². The largest absolute Gasteiger partial charge is 0.353 e. The summed E-state index contributed by atoms with van der Waals surface area (Å²) in [6.45, 7) is 2.90. The van der Waals surface area contributed by atoms with Gasteiger partial charge in [-0.1, -0.05) is 12.8 Å². The summed E-state index contributed by atoms with van der Waals surface area (Å²) in [5.41, 5.74) is 0.345. The molecular formula is C22H34N2O2. The van der Waals surface area contributed by atoms with Crippen LogP contribution in [0.3, 0.4) is 0 Å². The van der Waals surface area contributed by atoms with Gasteiger partial charge in [0.05, 0.1) is 5.92 Å². The molecule has 6 fully saturated rings. The standard InChI is InChI=1S/C22H34N2O2/c1-14(22-10-15-6-16(11-22)8-17(7-15)12-22)23-21(26)18-9-20(25)24(13-18)19-4-2-3-5-19/h14-19H,2-13H2,1H3,(H,23,26)/t14-,15?,16?,17?,18-,22?/m1/s1. The van der Waals surface area contributed by atoms with E-state index >= 15 is 0 Å². The number of rotatable bonds is 4. The first-order chi connectivity index (χ1) is 12.5. The molecule has 0 aromatic rings. The van der Waals surface area contributed by atoms with Crippen molar-refractivity contribution in [3.05, 3.63) is 0 Å². The lowest BCUT2D eigenvalue weighted by Gasteiger charge is -2.59. The van der Waals surface area contributed by atoms with Gasteiger partial charge in [0.25, 0.3) is 0 Å². The summed E-state index contributed by atoms with van der Waals surface area (Å²) in [5.74, 6) is 2.95. The number of hydrogen-bond acceptors (Lipinski definition) is 2. The molecule has 0 radical (unpaired) electrons. The molecule has 2 atom stereocenters. The molecule has 4 heteroatoms. The number of amides is 2. The van der Waals surface area contributed by atoms with E-state index in [0.717, 1.165) is 30.6 Å². The van der Waals surface area contributed by atoms with Crippen LogP contribution < -0.4 is 5.32 Å². The van der Waals surface area contributed by atoms with E-state index < -0.39 is 0 Å². The molecule has 0 aromatic heterocycles. The summed E-state index contributed by atoms with van der Waals surface area (Å²) in [5, 5.41) is 3.39. The highest BCUT2D eigenvalue weighted by Gasteiger charge is 2.53. The SMILES string of the molecule is C[C@@H](NC(=O)[C@@H]1CC(=O)N(C2CCCC2)C1)C12CC3CC(CC(C3)C1)C2. The average Bonchev–Trinajstić information content (AvgIpc) is 3.22. The summed E-state index contributed by atoms with van der Waals surface area (Å²) < 4.78 is 0. The van der Waals surface area contributed by atoms with E-state index in [0.29, 0.717) is 24.4 Å². The fourth-order valence-corrected chi connectivity index (χ4v) is 7.67. The molecule has 4 bridgehead atoms. The molecule has 2 amide bonds. The molecule has 5 aliphatic carbocycles. The second kappa shape index (κ2) is 6.24. The molecule has 0 unspecified atom stereocenters. The summed E-state index contributed by atoms with van der Waals surface area (Å²) >= 11 is 0. The Hall–Kier alpha value is -1.06. The maximum Gasteiger partial charge on any atom is 0.225 e. The smallest absolute Gasteiger partial charge is 0.225 e. The highest BCUT2D eigenvalue weighted by atomic mass is 16.2. The van der Waals surface area contributed by atoms with E-state index in [1.54, 1.807) is 0 Å². The maximum absolute atomic E-state index is 13.0. The van der Waals surface area contributed by atoms with Crippen LogP contribution in [-0.4, -0.2) is 35.3 Å². The van der Waals surface area contributed by atoms with Gasteiger partial charge in [0.2, 0.25) is 11.8 Å². The summed E-state index contributed by atoms with van der Waals surface area (Å²) in [6, 6.07) is 0.667. The lowest BCUT2D eigenvalue weighted by Crippen LogP contribution is -2.56.